The van der Waals surface area contributed by atoms with Crippen LogP contribution >= 0.6 is 11.6 Å². The van der Waals surface area contributed by atoms with Crippen molar-refractivity contribution in [1.29, 1.82) is 0 Å². The zero-order chi connectivity index (χ0) is 37.5. The maximum atomic E-state index is 13.7. The molecule has 5 aromatic rings. The molecule has 5 aromatic carbocycles. The third-order valence-corrected chi connectivity index (χ3v) is 9.05. The smallest absolute Gasteiger partial charge is 0.338 e. The van der Waals surface area contributed by atoms with Crippen molar-refractivity contribution in [2.75, 3.05) is 6.61 Å². The summed E-state index contributed by atoms with van der Waals surface area (Å²) in [5.74, 6) is -0.596. The van der Waals surface area contributed by atoms with Gasteiger partial charge in [-0.1, -0.05) is 132 Å². The van der Waals surface area contributed by atoms with Crippen LogP contribution in [0.5, 0.6) is 0 Å². The van der Waals surface area contributed by atoms with Gasteiger partial charge in [-0.25, -0.2) is 4.79 Å². The lowest BCUT2D eigenvalue weighted by atomic mass is 9.97. The Morgan fingerprint density at radius 2 is 1.24 bits per heavy atom. The molecular weight excluding hydrogens is 710 g/mol. The monoisotopic (exact) mass is 749 g/mol. The molecule has 1 N–H and O–H groups in total. The number of azide groups is 1. The van der Waals surface area contributed by atoms with Crippen molar-refractivity contribution >= 4 is 23.3 Å². The number of rotatable bonds is 17. The zero-order valence-corrected chi connectivity index (χ0v) is 30.1. The van der Waals surface area contributed by atoms with Gasteiger partial charge in [0, 0.05) is 4.91 Å². The number of aliphatic hydroxyl groups excluding tert-OH is 1. The van der Waals surface area contributed by atoms with E-state index in [1.165, 1.54) is 0 Å². The van der Waals surface area contributed by atoms with Crippen LogP contribution in [0.1, 0.15) is 38.2 Å². The highest BCUT2D eigenvalue weighted by molar-refractivity contribution is 6.33. The van der Waals surface area contributed by atoms with E-state index in [2.05, 4.69) is 10.0 Å². The number of aliphatic hydroxyl groups is 1. The number of carbonyl (C=O) groups excluding carboxylic acids is 1. The van der Waals surface area contributed by atoms with Crippen LogP contribution in [0.25, 0.3) is 10.4 Å². The minimum Gasteiger partial charge on any atom is -0.450 e. The van der Waals surface area contributed by atoms with E-state index in [0.29, 0.717) is 17.7 Å². The van der Waals surface area contributed by atoms with Crippen molar-refractivity contribution in [2.24, 2.45) is 5.11 Å². The molecule has 12 heteroatoms. The Balaban J connectivity index is 1.34. The first-order chi connectivity index (χ1) is 26.5. The summed E-state index contributed by atoms with van der Waals surface area (Å²) < 4.78 is 38.8. The Labute approximate surface area is 318 Å². The van der Waals surface area contributed by atoms with Crippen LogP contribution in [0.3, 0.4) is 0 Å². The molecule has 5 atom stereocenters. The average molecular weight is 750 g/mol. The second-order valence-electron chi connectivity index (χ2n) is 12.6. The highest BCUT2D eigenvalue weighted by Crippen LogP contribution is 2.33. The molecular formula is C42H40ClN3O8. The van der Waals surface area contributed by atoms with Gasteiger partial charge in [0.1, 0.15) is 18.3 Å². The highest BCUT2D eigenvalue weighted by atomic mass is 35.5. The maximum absolute atomic E-state index is 13.7. The normalized spacial score (nSPS) is 19.5. The number of esters is 1. The molecule has 1 aliphatic heterocycles. The minimum atomic E-state index is -1.11. The van der Waals surface area contributed by atoms with Crippen LogP contribution in [-0.2, 0) is 61.5 Å². The predicted molar refractivity (Wildman–Crippen MR) is 201 cm³/mol. The van der Waals surface area contributed by atoms with Crippen LogP contribution in [0.2, 0.25) is 5.02 Å². The molecule has 11 nitrogen and oxygen atoms in total. The molecule has 278 valence electrons. The van der Waals surface area contributed by atoms with Gasteiger partial charge >= 0.3 is 5.97 Å². The molecule has 1 fully saturated rings. The van der Waals surface area contributed by atoms with E-state index < -0.39 is 36.7 Å². The van der Waals surface area contributed by atoms with Crippen LogP contribution in [0.4, 0.5) is 5.69 Å². The van der Waals surface area contributed by atoms with Crippen molar-refractivity contribution in [2.45, 2.75) is 63.7 Å². The molecule has 1 saturated heterocycles. The second kappa shape index (κ2) is 19.8. The van der Waals surface area contributed by atoms with Gasteiger partial charge in [0.15, 0.2) is 12.4 Å². The molecule has 0 unspecified atom stereocenters. The van der Waals surface area contributed by atoms with Gasteiger partial charge in [-0.2, -0.15) is 0 Å². The number of hydrogen-bond donors (Lipinski definition) is 1. The zero-order valence-electron chi connectivity index (χ0n) is 29.4. The summed E-state index contributed by atoms with van der Waals surface area (Å²) in [4.78, 5) is 16.6. The van der Waals surface area contributed by atoms with Crippen LogP contribution in [0, 0.1) is 0 Å². The summed E-state index contributed by atoms with van der Waals surface area (Å²) in [6.45, 7) is 0.676. The number of benzene rings is 5. The molecule has 0 radical (unpaired) electrons. The molecule has 0 amide bonds. The summed E-state index contributed by atoms with van der Waals surface area (Å²) in [6, 6.07) is 40.4. The second-order valence-corrected chi connectivity index (χ2v) is 13.0. The molecule has 0 aromatic heterocycles. The highest BCUT2D eigenvalue weighted by Gasteiger charge is 2.50. The quantitative estimate of drug-likeness (QED) is 0.0431. The van der Waals surface area contributed by atoms with Crippen molar-refractivity contribution in [3.63, 3.8) is 0 Å². The number of hydrogen-bond acceptors (Lipinski definition) is 9. The van der Waals surface area contributed by atoms with Gasteiger partial charge in [0.05, 0.1) is 55.9 Å². The van der Waals surface area contributed by atoms with Crippen molar-refractivity contribution in [1.82, 2.24) is 0 Å². The summed E-state index contributed by atoms with van der Waals surface area (Å²) >= 11 is 6.43. The number of halogens is 1. The van der Waals surface area contributed by atoms with Gasteiger partial charge in [0.25, 0.3) is 0 Å². The number of ether oxygens (including phenoxy) is 6. The number of carbonyl (C=O) groups is 1. The van der Waals surface area contributed by atoms with E-state index in [4.69, 9.17) is 45.6 Å². The maximum Gasteiger partial charge on any atom is 0.338 e. The van der Waals surface area contributed by atoms with Crippen LogP contribution < -0.4 is 0 Å². The standard InChI is InChI=1S/C42H40ClN3O8/c43-35-22-33(20-21-36(35)45-46-44)27-51-39-38(50-25-31-12-6-2-7-13-31)37(28-49-24-30-10-4-1-5-11-30)53-42(52-26-32-18-16-29(23-47)17-19-32)40(39)54-41(48)34-14-8-3-9-15-34/h1-22,37-40,42,47H,23-28H2/t37-,38-,39+,40-,42-/m1/s1. The van der Waals surface area contributed by atoms with E-state index in [9.17, 15) is 9.90 Å². The molecule has 54 heavy (non-hydrogen) atoms. The average Bonchev–Trinajstić information content (AvgIpc) is 3.21. The summed E-state index contributed by atoms with van der Waals surface area (Å²) in [5, 5.41) is 13.4. The van der Waals surface area contributed by atoms with Crippen LogP contribution in [0.15, 0.2) is 139 Å². The van der Waals surface area contributed by atoms with Gasteiger partial charge in [0.2, 0.25) is 0 Å². The Morgan fingerprint density at radius 3 is 1.89 bits per heavy atom. The largest absolute Gasteiger partial charge is 0.450 e. The van der Waals surface area contributed by atoms with E-state index in [-0.39, 0.29) is 43.7 Å². The van der Waals surface area contributed by atoms with Crippen LogP contribution in [-0.4, -0.2) is 48.4 Å². The van der Waals surface area contributed by atoms with Gasteiger partial charge in [-0.15, -0.1) is 0 Å². The van der Waals surface area contributed by atoms with E-state index in [0.717, 1.165) is 22.3 Å². The first-order valence-electron chi connectivity index (χ1n) is 17.4. The predicted octanol–water partition coefficient (Wildman–Crippen LogP) is 8.63. The molecule has 0 aliphatic carbocycles. The van der Waals surface area contributed by atoms with E-state index in [1.54, 1.807) is 42.5 Å². The van der Waals surface area contributed by atoms with E-state index >= 15 is 0 Å². The first kappa shape index (κ1) is 38.6. The Kier molecular flexibility index (Phi) is 14.2. The minimum absolute atomic E-state index is 0.0262. The van der Waals surface area contributed by atoms with Gasteiger partial charge in [-0.3, -0.25) is 0 Å². The number of nitrogens with zero attached hydrogens (tertiary/aromatic N) is 3. The molecule has 0 bridgehead atoms. The third-order valence-electron chi connectivity index (χ3n) is 8.75. The topological polar surface area (TPSA) is 141 Å². The molecule has 1 heterocycles. The Morgan fingerprint density at radius 1 is 0.685 bits per heavy atom. The van der Waals surface area contributed by atoms with E-state index in [1.807, 2.05) is 91.0 Å². The van der Waals surface area contributed by atoms with Gasteiger partial charge in [-0.05, 0) is 51.5 Å². The summed E-state index contributed by atoms with van der Waals surface area (Å²) in [6.07, 6.45) is -4.70. The fourth-order valence-corrected chi connectivity index (χ4v) is 6.19. The van der Waals surface area contributed by atoms with Gasteiger partial charge < -0.3 is 33.5 Å². The van der Waals surface area contributed by atoms with Crippen molar-refractivity contribution in [3.05, 3.63) is 182 Å². The fourth-order valence-electron chi connectivity index (χ4n) is 5.94. The first-order valence-corrected chi connectivity index (χ1v) is 17.8. The summed E-state index contributed by atoms with van der Waals surface area (Å²) in [5.41, 5.74) is 13.7. The SMILES string of the molecule is [N-]=[N+]=Nc1ccc(CO[C@@H]2[C@@H](OC(=O)c3ccccc3)[C@H](OCc3ccc(CO)cc3)O[C@H](COCc3ccccc3)[C@H]2OCc2ccccc2)cc1Cl. The molecule has 0 saturated carbocycles. The lowest BCUT2D eigenvalue weighted by molar-refractivity contribution is -0.320. The molecule has 1 aliphatic rings. The Hall–Kier alpha value is -5.07. The van der Waals surface area contributed by atoms with Crippen molar-refractivity contribution in [3.8, 4) is 0 Å². The Bertz CT molecular complexity index is 1970. The lowest BCUT2D eigenvalue weighted by Crippen LogP contribution is -2.62. The fraction of sp³-hybridized carbons (Fsp3) is 0.262. The third kappa shape index (κ3) is 10.8. The molecule has 6 rings (SSSR count). The molecule has 0 spiro atoms. The lowest BCUT2D eigenvalue weighted by Gasteiger charge is -2.45. The summed E-state index contributed by atoms with van der Waals surface area (Å²) in [7, 11) is 0. The van der Waals surface area contributed by atoms with Crippen molar-refractivity contribution < 1.29 is 38.3 Å².